The minimum absolute atomic E-state index is 0.0250. The van der Waals surface area contributed by atoms with E-state index < -0.39 is 0 Å². The lowest BCUT2D eigenvalue weighted by Crippen LogP contribution is -2.49. The predicted octanol–water partition coefficient (Wildman–Crippen LogP) is 0.775. The van der Waals surface area contributed by atoms with Crippen molar-refractivity contribution in [3.63, 3.8) is 0 Å². The molecule has 2 aliphatic carbocycles. The maximum absolute atomic E-state index is 12.5. The van der Waals surface area contributed by atoms with Crippen molar-refractivity contribution >= 4 is 11.8 Å². The van der Waals surface area contributed by atoms with Gasteiger partial charge in [-0.25, -0.2) is 0 Å². The van der Waals surface area contributed by atoms with Gasteiger partial charge < -0.3 is 16.0 Å². The fraction of sp³-hybridized carbons (Fsp3) is 0.867. The van der Waals surface area contributed by atoms with Crippen molar-refractivity contribution in [2.45, 2.75) is 63.5 Å². The van der Waals surface area contributed by atoms with Gasteiger partial charge in [-0.2, -0.15) is 0 Å². The average molecular weight is 279 g/mol. The summed E-state index contributed by atoms with van der Waals surface area (Å²) >= 11 is 0. The van der Waals surface area contributed by atoms with E-state index in [1.165, 1.54) is 6.42 Å². The summed E-state index contributed by atoms with van der Waals surface area (Å²) < 4.78 is 0. The Morgan fingerprint density at radius 3 is 2.50 bits per heavy atom. The highest BCUT2D eigenvalue weighted by Crippen LogP contribution is 2.43. The van der Waals surface area contributed by atoms with Gasteiger partial charge in [-0.05, 0) is 50.5 Å². The van der Waals surface area contributed by atoms with E-state index in [0.717, 1.165) is 45.1 Å². The number of rotatable bonds is 5. The summed E-state index contributed by atoms with van der Waals surface area (Å²) in [4.78, 5) is 26.5. The molecule has 112 valence electrons. The zero-order valence-electron chi connectivity index (χ0n) is 12.1. The Bertz CT molecular complexity index is 396. The van der Waals surface area contributed by atoms with Gasteiger partial charge in [0, 0.05) is 19.0 Å². The van der Waals surface area contributed by atoms with Crippen LogP contribution < -0.4 is 11.1 Å². The molecule has 1 unspecified atom stereocenters. The van der Waals surface area contributed by atoms with Crippen LogP contribution in [0, 0.1) is 5.41 Å². The maximum atomic E-state index is 12.5. The lowest BCUT2D eigenvalue weighted by molar-refractivity contribution is -0.141. The van der Waals surface area contributed by atoms with Crippen molar-refractivity contribution in [2.75, 3.05) is 13.1 Å². The summed E-state index contributed by atoms with van der Waals surface area (Å²) in [6.45, 7) is 1.31. The quantitative estimate of drug-likeness (QED) is 0.780. The van der Waals surface area contributed by atoms with Crippen LogP contribution in [0.3, 0.4) is 0 Å². The van der Waals surface area contributed by atoms with Gasteiger partial charge in [0.15, 0.2) is 0 Å². The zero-order valence-corrected chi connectivity index (χ0v) is 12.1. The Morgan fingerprint density at radius 1 is 1.20 bits per heavy atom. The van der Waals surface area contributed by atoms with Crippen LogP contribution in [0.4, 0.5) is 0 Å². The molecule has 5 nitrogen and oxygen atoms in total. The first-order valence-electron chi connectivity index (χ1n) is 7.93. The highest BCUT2D eigenvalue weighted by Gasteiger charge is 2.42. The lowest BCUT2D eigenvalue weighted by atomic mass is 9.66. The second kappa shape index (κ2) is 5.35. The van der Waals surface area contributed by atoms with Crippen LogP contribution >= 0.6 is 0 Å². The molecule has 1 saturated heterocycles. The van der Waals surface area contributed by atoms with E-state index in [9.17, 15) is 9.59 Å². The molecule has 1 atom stereocenters. The molecule has 0 aromatic carbocycles. The topological polar surface area (TPSA) is 75.4 Å². The van der Waals surface area contributed by atoms with Crippen molar-refractivity contribution in [1.29, 1.82) is 0 Å². The third kappa shape index (κ3) is 2.68. The predicted molar refractivity (Wildman–Crippen MR) is 75.9 cm³/mol. The first-order chi connectivity index (χ1) is 9.63. The Kier molecular flexibility index (Phi) is 3.71. The van der Waals surface area contributed by atoms with E-state index in [1.54, 1.807) is 4.90 Å². The number of nitrogens with zero attached hydrogens (tertiary/aromatic N) is 1. The molecule has 5 heteroatoms. The van der Waals surface area contributed by atoms with Gasteiger partial charge >= 0.3 is 0 Å². The summed E-state index contributed by atoms with van der Waals surface area (Å²) in [5.41, 5.74) is 5.86. The molecule has 1 heterocycles. The molecule has 1 aliphatic heterocycles. The molecule has 3 N–H and O–H groups in total. The second-order valence-electron chi connectivity index (χ2n) is 6.76. The number of amides is 2. The Balaban J connectivity index is 1.59. The summed E-state index contributed by atoms with van der Waals surface area (Å²) in [6.07, 6.45) is 7.73. The normalized spacial score (nSPS) is 28.1. The standard InChI is InChI=1S/C15H25N3O2/c16-10-15(6-2-7-15)9-13(19)18-8-1-3-12(18)14(20)17-11-4-5-11/h11-12H,1-10,16H2,(H,17,20). The highest BCUT2D eigenvalue weighted by molar-refractivity contribution is 5.88. The number of likely N-dealkylation sites (tertiary alicyclic amines) is 1. The number of hydrogen-bond donors (Lipinski definition) is 2. The first-order valence-corrected chi connectivity index (χ1v) is 7.93. The van der Waals surface area contributed by atoms with Gasteiger partial charge in [0.05, 0.1) is 0 Å². The third-order valence-electron chi connectivity index (χ3n) is 5.17. The molecule has 0 spiro atoms. The van der Waals surface area contributed by atoms with E-state index in [2.05, 4.69) is 5.32 Å². The van der Waals surface area contributed by atoms with Crippen LogP contribution in [-0.2, 0) is 9.59 Å². The van der Waals surface area contributed by atoms with Gasteiger partial charge in [0.1, 0.15) is 6.04 Å². The summed E-state index contributed by atoms with van der Waals surface area (Å²) in [5.74, 6) is 0.178. The number of carbonyl (C=O) groups is 2. The van der Waals surface area contributed by atoms with Crippen molar-refractivity contribution in [2.24, 2.45) is 11.1 Å². The van der Waals surface area contributed by atoms with Crippen LogP contribution in [0.5, 0.6) is 0 Å². The number of nitrogens with two attached hydrogens (primary N) is 1. The van der Waals surface area contributed by atoms with E-state index in [4.69, 9.17) is 5.73 Å². The van der Waals surface area contributed by atoms with E-state index in [-0.39, 0.29) is 23.3 Å². The molecule has 2 amide bonds. The third-order valence-corrected chi connectivity index (χ3v) is 5.17. The molecule has 0 bridgehead atoms. The van der Waals surface area contributed by atoms with E-state index >= 15 is 0 Å². The van der Waals surface area contributed by atoms with Crippen molar-refractivity contribution in [1.82, 2.24) is 10.2 Å². The SMILES string of the molecule is NCC1(CC(=O)N2CCCC2C(=O)NC2CC2)CCC1. The fourth-order valence-electron chi connectivity index (χ4n) is 3.42. The highest BCUT2D eigenvalue weighted by atomic mass is 16.2. The molecule has 2 saturated carbocycles. The minimum atomic E-state index is -0.238. The largest absolute Gasteiger partial charge is 0.352 e. The van der Waals surface area contributed by atoms with Crippen LogP contribution in [-0.4, -0.2) is 41.9 Å². The average Bonchev–Trinajstić information content (AvgIpc) is 3.06. The Labute approximate surface area is 120 Å². The molecule has 0 radical (unpaired) electrons. The monoisotopic (exact) mass is 279 g/mol. The Hall–Kier alpha value is -1.10. The first kappa shape index (κ1) is 13.9. The van der Waals surface area contributed by atoms with E-state index in [0.29, 0.717) is 19.0 Å². The smallest absolute Gasteiger partial charge is 0.243 e. The number of hydrogen-bond acceptors (Lipinski definition) is 3. The molecule has 3 rings (SSSR count). The second-order valence-corrected chi connectivity index (χ2v) is 6.76. The van der Waals surface area contributed by atoms with Gasteiger partial charge in [0.25, 0.3) is 0 Å². The molecular weight excluding hydrogens is 254 g/mol. The summed E-state index contributed by atoms with van der Waals surface area (Å²) in [7, 11) is 0. The number of carbonyl (C=O) groups excluding carboxylic acids is 2. The fourth-order valence-corrected chi connectivity index (χ4v) is 3.42. The molecule has 20 heavy (non-hydrogen) atoms. The minimum Gasteiger partial charge on any atom is -0.352 e. The Morgan fingerprint density at radius 2 is 1.95 bits per heavy atom. The molecule has 3 fully saturated rings. The van der Waals surface area contributed by atoms with Gasteiger partial charge in [-0.15, -0.1) is 0 Å². The van der Waals surface area contributed by atoms with Crippen LogP contribution in [0.25, 0.3) is 0 Å². The van der Waals surface area contributed by atoms with Crippen LogP contribution in [0.1, 0.15) is 51.4 Å². The van der Waals surface area contributed by atoms with Gasteiger partial charge in [-0.3, -0.25) is 9.59 Å². The summed E-state index contributed by atoms with van der Waals surface area (Å²) in [6, 6.07) is 0.125. The van der Waals surface area contributed by atoms with Gasteiger partial charge in [0.2, 0.25) is 11.8 Å². The van der Waals surface area contributed by atoms with Gasteiger partial charge in [-0.1, -0.05) is 6.42 Å². The van der Waals surface area contributed by atoms with Crippen molar-refractivity contribution < 1.29 is 9.59 Å². The van der Waals surface area contributed by atoms with E-state index in [1.807, 2.05) is 0 Å². The van der Waals surface area contributed by atoms with Crippen LogP contribution in [0.2, 0.25) is 0 Å². The zero-order chi connectivity index (χ0) is 14.2. The number of nitrogens with one attached hydrogen (secondary N) is 1. The molecule has 3 aliphatic rings. The van der Waals surface area contributed by atoms with Crippen molar-refractivity contribution in [3.05, 3.63) is 0 Å². The van der Waals surface area contributed by atoms with Crippen LogP contribution in [0.15, 0.2) is 0 Å². The lowest BCUT2D eigenvalue weighted by Gasteiger charge is -2.41. The summed E-state index contributed by atoms with van der Waals surface area (Å²) in [5, 5.41) is 3.03. The van der Waals surface area contributed by atoms with Crippen molar-refractivity contribution in [3.8, 4) is 0 Å². The maximum Gasteiger partial charge on any atom is 0.243 e. The molecule has 0 aromatic heterocycles. The molecule has 0 aromatic rings. The molecular formula is C15H25N3O2.